The zero-order chi connectivity index (χ0) is 16.3. The van der Waals surface area contributed by atoms with E-state index in [1.54, 1.807) is 18.2 Å². The van der Waals surface area contributed by atoms with E-state index in [1.807, 2.05) is 11.5 Å². The van der Waals surface area contributed by atoms with Gasteiger partial charge in [0.2, 0.25) is 5.91 Å². The van der Waals surface area contributed by atoms with Gasteiger partial charge in [0.15, 0.2) is 5.16 Å². The molecular weight excluding hydrogens is 343 g/mol. The number of carbonyl (C=O) groups is 1. The van der Waals surface area contributed by atoms with Gasteiger partial charge in [0.25, 0.3) is 0 Å². The normalized spacial score (nSPS) is 11.0. The van der Waals surface area contributed by atoms with Gasteiger partial charge in [-0.05, 0) is 39.0 Å². The fourth-order valence-corrected chi connectivity index (χ4v) is 3.44. The number of halogens is 2. The van der Waals surface area contributed by atoms with Crippen molar-refractivity contribution in [1.82, 2.24) is 14.8 Å². The summed E-state index contributed by atoms with van der Waals surface area (Å²) in [4.78, 5) is 12.0. The fraction of sp³-hybridized carbons (Fsp3) is 0.357. The third-order valence-corrected chi connectivity index (χ3v) is 4.21. The van der Waals surface area contributed by atoms with Gasteiger partial charge in [-0.15, -0.1) is 10.2 Å². The van der Waals surface area contributed by atoms with Crippen LogP contribution in [0.5, 0.6) is 0 Å². The second-order valence-electron chi connectivity index (χ2n) is 4.99. The van der Waals surface area contributed by atoms with Crippen LogP contribution in [0.4, 0.5) is 5.69 Å². The average Bonchev–Trinajstić information content (AvgIpc) is 2.76. The number of benzene rings is 1. The van der Waals surface area contributed by atoms with Gasteiger partial charge in [-0.2, -0.15) is 0 Å². The molecule has 118 valence electrons. The molecule has 8 heteroatoms. The SMILES string of the molecule is Cc1nnc(SCC(=O)Nc2cc(Cl)cc(Cl)c2)n1C(C)C. The van der Waals surface area contributed by atoms with Crippen LogP contribution in [0.2, 0.25) is 10.0 Å². The molecule has 1 aromatic carbocycles. The smallest absolute Gasteiger partial charge is 0.234 e. The Labute approximate surface area is 143 Å². The lowest BCUT2D eigenvalue weighted by molar-refractivity contribution is -0.113. The molecule has 22 heavy (non-hydrogen) atoms. The summed E-state index contributed by atoms with van der Waals surface area (Å²) in [5.41, 5.74) is 0.574. The molecule has 0 aliphatic carbocycles. The molecular formula is C14H16Cl2N4OS. The van der Waals surface area contributed by atoms with Crippen molar-refractivity contribution in [1.29, 1.82) is 0 Å². The number of nitrogens with one attached hydrogen (secondary N) is 1. The average molecular weight is 359 g/mol. The molecule has 0 unspecified atom stereocenters. The molecule has 1 amide bonds. The minimum absolute atomic E-state index is 0.153. The van der Waals surface area contributed by atoms with Crippen LogP contribution in [-0.4, -0.2) is 26.4 Å². The van der Waals surface area contributed by atoms with Crippen molar-refractivity contribution in [2.24, 2.45) is 0 Å². The number of aromatic nitrogens is 3. The van der Waals surface area contributed by atoms with E-state index in [9.17, 15) is 4.79 Å². The lowest BCUT2D eigenvalue weighted by atomic mass is 10.3. The summed E-state index contributed by atoms with van der Waals surface area (Å²) >= 11 is 13.1. The number of nitrogens with zero attached hydrogens (tertiary/aromatic N) is 3. The van der Waals surface area contributed by atoms with Crippen LogP contribution in [0.15, 0.2) is 23.4 Å². The highest BCUT2D eigenvalue weighted by atomic mass is 35.5. The van der Waals surface area contributed by atoms with Crippen LogP contribution in [0.1, 0.15) is 25.7 Å². The third kappa shape index (κ3) is 4.38. The third-order valence-electron chi connectivity index (χ3n) is 2.83. The molecule has 0 spiro atoms. The lowest BCUT2D eigenvalue weighted by Gasteiger charge is -2.11. The number of amides is 1. The van der Waals surface area contributed by atoms with Crippen molar-refractivity contribution in [3.05, 3.63) is 34.1 Å². The molecule has 0 fully saturated rings. The number of rotatable bonds is 5. The van der Waals surface area contributed by atoms with Gasteiger partial charge >= 0.3 is 0 Å². The van der Waals surface area contributed by atoms with Crippen LogP contribution in [-0.2, 0) is 4.79 Å². The van der Waals surface area contributed by atoms with E-state index in [1.165, 1.54) is 11.8 Å². The molecule has 1 heterocycles. The summed E-state index contributed by atoms with van der Waals surface area (Å²) in [6.07, 6.45) is 0. The zero-order valence-electron chi connectivity index (χ0n) is 12.4. The Morgan fingerprint density at radius 1 is 1.27 bits per heavy atom. The van der Waals surface area contributed by atoms with Gasteiger partial charge in [0, 0.05) is 21.8 Å². The molecule has 2 rings (SSSR count). The minimum Gasteiger partial charge on any atom is -0.325 e. The van der Waals surface area contributed by atoms with Crippen LogP contribution in [0.3, 0.4) is 0 Å². The van der Waals surface area contributed by atoms with Crippen molar-refractivity contribution in [3.8, 4) is 0 Å². The molecule has 5 nitrogen and oxygen atoms in total. The number of aryl methyl sites for hydroxylation is 1. The van der Waals surface area contributed by atoms with Gasteiger partial charge in [0.05, 0.1) is 5.75 Å². The molecule has 0 radical (unpaired) electrons. The molecule has 0 aliphatic heterocycles. The van der Waals surface area contributed by atoms with Crippen molar-refractivity contribution in [2.45, 2.75) is 32.0 Å². The number of thioether (sulfide) groups is 1. The Balaban J connectivity index is 1.98. The second-order valence-corrected chi connectivity index (χ2v) is 6.80. The van der Waals surface area contributed by atoms with Gasteiger partial charge in [0.1, 0.15) is 5.82 Å². The summed E-state index contributed by atoms with van der Waals surface area (Å²) in [6, 6.07) is 5.15. The van der Waals surface area contributed by atoms with E-state index in [0.717, 1.165) is 11.0 Å². The first kappa shape index (κ1) is 17.1. The Hall–Kier alpha value is -1.24. The predicted octanol–water partition coefficient (Wildman–Crippen LogP) is 4.21. The Morgan fingerprint density at radius 3 is 2.50 bits per heavy atom. The topological polar surface area (TPSA) is 59.8 Å². The second kappa shape index (κ2) is 7.35. The summed E-state index contributed by atoms with van der Waals surface area (Å²) in [5, 5.41) is 12.6. The predicted molar refractivity (Wildman–Crippen MR) is 91.0 cm³/mol. The van der Waals surface area contributed by atoms with Crippen molar-refractivity contribution in [2.75, 3.05) is 11.1 Å². The maximum absolute atomic E-state index is 12.0. The maximum atomic E-state index is 12.0. The van der Waals surface area contributed by atoms with E-state index in [4.69, 9.17) is 23.2 Å². The number of anilines is 1. The number of carbonyl (C=O) groups excluding carboxylic acids is 1. The highest BCUT2D eigenvalue weighted by molar-refractivity contribution is 7.99. The zero-order valence-corrected chi connectivity index (χ0v) is 14.8. The molecule has 0 atom stereocenters. The van der Waals surface area contributed by atoms with E-state index in [2.05, 4.69) is 29.4 Å². The highest BCUT2D eigenvalue weighted by Gasteiger charge is 2.14. The van der Waals surface area contributed by atoms with Gasteiger partial charge in [-0.1, -0.05) is 35.0 Å². The standard InChI is InChI=1S/C14H16Cl2N4OS/c1-8(2)20-9(3)18-19-14(20)22-7-13(21)17-12-5-10(15)4-11(16)6-12/h4-6,8H,7H2,1-3H3,(H,17,21). The van der Waals surface area contributed by atoms with Crippen molar-refractivity contribution >= 4 is 46.6 Å². The summed E-state index contributed by atoms with van der Waals surface area (Å²) in [6.45, 7) is 5.99. The monoisotopic (exact) mass is 358 g/mol. The molecule has 0 saturated heterocycles. The van der Waals surface area contributed by atoms with E-state index >= 15 is 0 Å². The Bertz CT molecular complexity index is 667. The quantitative estimate of drug-likeness (QED) is 0.813. The van der Waals surface area contributed by atoms with E-state index < -0.39 is 0 Å². The molecule has 1 N–H and O–H groups in total. The van der Waals surface area contributed by atoms with Gasteiger partial charge in [-0.25, -0.2) is 0 Å². The summed E-state index contributed by atoms with van der Waals surface area (Å²) in [5.74, 6) is 0.911. The highest BCUT2D eigenvalue weighted by Crippen LogP contribution is 2.24. The largest absolute Gasteiger partial charge is 0.325 e. The van der Waals surface area contributed by atoms with Gasteiger partial charge < -0.3 is 9.88 Å². The van der Waals surface area contributed by atoms with E-state index in [-0.39, 0.29) is 17.7 Å². The first-order chi connectivity index (χ1) is 10.4. The number of hydrogen-bond donors (Lipinski definition) is 1. The van der Waals surface area contributed by atoms with Crippen molar-refractivity contribution < 1.29 is 4.79 Å². The number of hydrogen-bond acceptors (Lipinski definition) is 4. The molecule has 2 aromatic rings. The van der Waals surface area contributed by atoms with Gasteiger partial charge in [-0.3, -0.25) is 4.79 Å². The molecule has 0 aliphatic rings. The van der Waals surface area contributed by atoms with Crippen LogP contribution >= 0.6 is 35.0 Å². The van der Waals surface area contributed by atoms with Crippen molar-refractivity contribution in [3.63, 3.8) is 0 Å². The Morgan fingerprint density at radius 2 is 1.91 bits per heavy atom. The maximum Gasteiger partial charge on any atom is 0.234 e. The molecule has 0 bridgehead atoms. The Kier molecular flexibility index (Phi) is 5.72. The van der Waals surface area contributed by atoms with Crippen LogP contribution in [0, 0.1) is 6.92 Å². The lowest BCUT2D eigenvalue weighted by Crippen LogP contribution is -2.15. The van der Waals surface area contributed by atoms with E-state index in [0.29, 0.717) is 15.7 Å². The first-order valence-electron chi connectivity index (χ1n) is 6.67. The molecule has 1 aromatic heterocycles. The minimum atomic E-state index is -0.153. The summed E-state index contributed by atoms with van der Waals surface area (Å²) in [7, 11) is 0. The van der Waals surface area contributed by atoms with Crippen LogP contribution in [0.25, 0.3) is 0 Å². The van der Waals surface area contributed by atoms with Crippen LogP contribution < -0.4 is 5.32 Å². The molecule has 0 saturated carbocycles. The first-order valence-corrected chi connectivity index (χ1v) is 8.41. The fourth-order valence-electron chi connectivity index (χ4n) is 2.00. The summed E-state index contributed by atoms with van der Waals surface area (Å²) < 4.78 is 1.99.